The van der Waals surface area contributed by atoms with Crippen molar-refractivity contribution in [3.05, 3.63) is 66.3 Å². The average Bonchev–Trinajstić information content (AvgIpc) is 3.15. The number of benzene rings is 1. The number of likely N-dealkylation sites (N-methyl/N-ethyl adjacent to an activating group) is 1. The topological polar surface area (TPSA) is 42.2 Å². The van der Waals surface area contributed by atoms with E-state index in [-0.39, 0.29) is 0 Å². The number of hydrogen-bond acceptors (Lipinski definition) is 5. The highest BCUT2D eigenvalue weighted by molar-refractivity contribution is 5.66. The molecular weight excluding hydrogens is 376 g/mol. The lowest BCUT2D eigenvalue weighted by Crippen LogP contribution is -2.32. The minimum atomic E-state index is 0.714. The molecule has 2 aliphatic heterocycles. The van der Waals surface area contributed by atoms with E-state index in [1.165, 1.54) is 13.0 Å². The average molecular weight is 405 g/mol. The van der Waals surface area contributed by atoms with Gasteiger partial charge in [-0.15, -0.1) is 0 Å². The molecule has 0 bridgehead atoms. The van der Waals surface area contributed by atoms with Crippen LogP contribution in [0.3, 0.4) is 0 Å². The zero-order valence-electron chi connectivity index (χ0n) is 17.5. The van der Waals surface area contributed by atoms with Crippen LogP contribution in [0.4, 0.5) is 0 Å². The summed E-state index contributed by atoms with van der Waals surface area (Å²) in [6, 6.07) is 12.2. The highest BCUT2D eigenvalue weighted by Gasteiger charge is 2.17. The first-order chi connectivity index (χ1) is 14.7. The van der Waals surface area contributed by atoms with Gasteiger partial charge in [0.15, 0.2) is 0 Å². The van der Waals surface area contributed by atoms with E-state index in [9.17, 15) is 0 Å². The van der Waals surface area contributed by atoms with Crippen LogP contribution in [0, 0.1) is 0 Å². The molecule has 1 saturated heterocycles. The molecule has 3 aromatic rings. The van der Waals surface area contributed by atoms with E-state index in [0.717, 1.165) is 66.6 Å². The molecule has 0 radical (unpaired) electrons. The minimum absolute atomic E-state index is 0.714. The standard InChI is InChI=1S/C24H28N4O2/c1-26-9-3-10-27(13-12-26)14-15-29-21-6-8-23-19(16-21)5-7-24(30-23)22-17-20-4-2-11-28(20)18-25-22/h2,4,6-8,11,16-18H,3,5,9-10,12-15H2,1H3. The molecule has 0 spiro atoms. The fraction of sp³-hybridized carbons (Fsp3) is 0.375. The van der Waals surface area contributed by atoms with Gasteiger partial charge >= 0.3 is 0 Å². The fourth-order valence-electron chi connectivity index (χ4n) is 4.11. The SMILES string of the molecule is CN1CCCN(CCOc2ccc3c(c2)CC=C(c2cc4cccn4cn2)O3)CC1. The summed E-state index contributed by atoms with van der Waals surface area (Å²) in [5.41, 5.74) is 3.11. The van der Waals surface area contributed by atoms with E-state index in [0.29, 0.717) is 6.61 Å². The second kappa shape index (κ2) is 8.50. The maximum atomic E-state index is 6.14. The third-order valence-corrected chi connectivity index (χ3v) is 5.92. The first-order valence-electron chi connectivity index (χ1n) is 10.7. The Bertz CT molecular complexity index is 1060. The molecule has 0 amide bonds. The van der Waals surface area contributed by atoms with Crippen LogP contribution in [0.25, 0.3) is 11.3 Å². The number of nitrogens with zero attached hydrogens (tertiary/aromatic N) is 4. The molecule has 6 heteroatoms. The number of aromatic nitrogens is 2. The van der Waals surface area contributed by atoms with Gasteiger partial charge in [-0.25, -0.2) is 4.98 Å². The summed E-state index contributed by atoms with van der Waals surface area (Å²) in [4.78, 5) is 9.42. The van der Waals surface area contributed by atoms with Crippen molar-refractivity contribution in [3.8, 4) is 11.5 Å². The Morgan fingerprint density at radius 2 is 2.07 bits per heavy atom. The summed E-state index contributed by atoms with van der Waals surface area (Å²) < 4.78 is 14.2. The lowest BCUT2D eigenvalue weighted by Gasteiger charge is -2.21. The molecule has 1 fully saturated rings. The zero-order valence-corrected chi connectivity index (χ0v) is 17.5. The molecule has 0 N–H and O–H groups in total. The Morgan fingerprint density at radius 3 is 3.03 bits per heavy atom. The van der Waals surface area contributed by atoms with Crippen molar-refractivity contribution in [1.82, 2.24) is 19.2 Å². The predicted molar refractivity (Wildman–Crippen MR) is 118 cm³/mol. The molecule has 5 rings (SSSR count). The lowest BCUT2D eigenvalue weighted by atomic mass is 10.1. The molecule has 2 aliphatic rings. The van der Waals surface area contributed by atoms with Crippen LogP contribution in [0.2, 0.25) is 0 Å². The maximum absolute atomic E-state index is 6.14. The van der Waals surface area contributed by atoms with Gasteiger partial charge in [-0.2, -0.15) is 0 Å². The summed E-state index contributed by atoms with van der Waals surface area (Å²) >= 11 is 0. The predicted octanol–water partition coefficient (Wildman–Crippen LogP) is 3.33. The van der Waals surface area contributed by atoms with Gasteiger partial charge in [-0.05, 0) is 75.5 Å². The summed E-state index contributed by atoms with van der Waals surface area (Å²) in [7, 11) is 2.20. The highest BCUT2D eigenvalue weighted by Crippen LogP contribution is 2.33. The molecule has 0 unspecified atom stereocenters. The van der Waals surface area contributed by atoms with Crippen molar-refractivity contribution in [2.75, 3.05) is 46.4 Å². The third-order valence-electron chi connectivity index (χ3n) is 5.92. The van der Waals surface area contributed by atoms with Gasteiger partial charge in [0.25, 0.3) is 0 Å². The van der Waals surface area contributed by atoms with Crippen LogP contribution < -0.4 is 9.47 Å². The number of rotatable bonds is 5. The van der Waals surface area contributed by atoms with Crippen LogP contribution >= 0.6 is 0 Å². The van der Waals surface area contributed by atoms with Gasteiger partial charge in [-0.3, -0.25) is 4.90 Å². The van der Waals surface area contributed by atoms with Crippen LogP contribution in [-0.4, -0.2) is 65.6 Å². The third kappa shape index (κ3) is 4.20. The number of allylic oxidation sites excluding steroid dienone is 1. The molecule has 30 heavy (non-hydrogen) atoms. The van der Waals surface area contributed by atoms with Crippen LogP contribution in [0.5, 0.6) is 11.5 Å². The van der Waals surface area contributed by atoms with E-state index < -0.39 is 0 Å². The van der Waals surface area contributed by atoms with E-state index in [2.05, 4.69) is 46.1 Å². The number of fused-ring (bicyclic) bond motifs is 2. The fourth-order valence-corrected chi connectivity index (χ4v) is 4.11. The van der Waals surface area contributed by atoms with Gasteiger partial charge in [0.05, 0.1) is 6.33 Å². The Kier molecular flexibility index (Phi) is 5.43. The van der Waals surface area contributed by atoms with Crippen molar-refractivity contribution in [2.45, 2.75) is 12.8 Å². The molecule has 0 atom stereocenters. The first kappa shape index (κ1) is 19.2. The van der Waals surface area contributed by atoms with Crippen molar-refractivity contribution >= 4 is 11.3 Å². The molecular formula is C24H28N4O2. The van der Waals surface area contributed by atoms with Crippen LogP contribution in [0.15, 0.2) is 55.0 Å². The van der Waals surface area contributed by atoms with Crippen molar-refractivity contribution in [2.24, 2.45) is 0 Å². The normalized spacial score (nSPS) is 17.8. The van der Waals surface area contributed by atoms with Gasteiger partial charge in [0.2, 0.25) is 0 Å². The number of hydrogen-bond donors (Lipinski definition) is 0. The Balaban J connectivity index is 1.20. The summed E-state index contributed by atoms with van der Waals surface area (Å²) in [5.74, 6) is 2.60. The minimum Gasteiger partial charge on any atom is -0.492 e. The molecule has 156 valence electrons. The Labute approximate surface area is 177 Å². The van der Waals surface area contributed by atoms with E-state index in [4.69, 9.17) is 9.47 Å². The van der Waals surface area contributed by atoms with E-state index in [1.54, 1.807) is 0 Å². The van der Waals surface area contributed by atoms with Gasteiger partial charge < -0.3 is 18.8 Å². The quantitative estimate of drug-likeness (QED) is 0.653. The largest absolute Gasteiger partial charge is 0.492 e. The summed E-state index contributed by atoms with van der Waals surface area (Å²) in [6.45, 7) is 6.28. The lowest BCUT2D eigenvalue weighted by molar-refractivity contribution is 0.212. The molecule has 4 heterocycles. The van der Waals surface area contributed by atoms with E-state index >= 15 is 0 Å². The molecule has 0 aliphatic carbocycles. The van der Waals surface area contributed by atoms with Crippen molar-refractivity contribution in [1.29, 1.82) is 0 Å². The summed E-state index contributed by atoms with van der Waals surface area (Å²) in [5, 5.41) is 0. The van der Waals surface area contributed by atoms with Crippen LogP contribution in [0.1, 0.15) is 17.7 Å². The van der Waals surface area contributed by atoms with Crippen molar-refractivity contribution in [3.63, 3.8) is 0 Å². The second-order valence-electron chi connectivity index (χ2n) is 8.11. The number of ether oxygens (including phenoxy) is 2. The zero-order chi connectivity index (χ0) is 20.3. The highest BCUT2D eigenvalue weighted by atomic mass is 16.5. The first-order valence-corrected chi connectivity index (χ1v) is 10.7. The Hall–Kier alpha value is -2.83. The van der Waals surface area contributed by atoms with Gasteiger partial charge in [0, 0.05) is 36.9 Å². The monoisotopic (exact) mass is 404 g/mol. The Morgan fingerprint density at radius 1 is 1.10 bits per heavy atom. The molecule has 2 aromatic heterocycles. The van der Waals surface area contributed by atoms with Crippen molar-refractivity contribution < 1.29 is 9.47 Å². The van der Waals surface area contributed by atoms with Gasteiger partial charge in [-0.1, -0.05) is 0 Å². The smallest absolute Gasteiger partial charge is 0.149 e. The second-order valence-corrected chi connectivity index (χ2v) is 8.11. The molecule has 1 aromatic carbocycles. The molecule has 6 nitrogen and oxygen atoms in total. The van der Waals surface area contributed by atoms with Crippen LogP contribution in [-0.2, 0) is 6.42 Å². The maximum Gasteiger partial charge on any atom is 0.149 e. The van der Waals surface area contributed by atoms with E-state index in [1.807, 2.05) is 35.1 Å². The van der Waals surface area contributed by atoms with Gasteiger partial charge in [0.1, 0.15) is 29.6 Å². The summed E-state index contributed by atoms with van der Waals surface area (Å²) in [6.07, 6.45) is 7.96. The molecule has 0 saturated carbocycles.